The second kappa shape index (κ2) is 5.98. The fraction of sp³-hybridized carbons (Fsp3) is 0.529. The van der Waals surface area contributed by atoms with E-state index in [1.54, 1.807) is 7.11 Å². The summed E-state index contributed by atoms with van der Waals surface area (Å²) >= 11 is 0. The Morgan fingerprint density at radius 2 is 2.15 bits per heavy atom. The molecule has 0 saturated heterocycles. The average Bonchev–Trinajstić information content (AvgIpc) is 3.05. The average molecular weight is 274 g/mol. The first-order valence-corrected chi connectivity index (χ1v) is 7.37. The zero-order valence-electron chi connectivity index (χ0n) is 11.9. The molecule has 1 N–H and O–H groups in total. The number of para-hydroxylation sites is 1. The third-order valence-electron chi connectivity index (χ3n) is 4.54. The standard InChI is InChI=1S/C17H22O3/c1-19-16-8-3-2-7-15(16)17(11-18)20-14-9-12-5-4-6-13(12)10-14/h2-5,7-8,12-14,17-18H,6,9-11H2,1H3/t12-,13+,14+,17?/m0/s1. The number of allylic oxidation sites excluding steroid dienone is 2. The van der Waals surface area contributed by atoms with Crippen LogP contribution in [-0.2, 0) is 4.74 Å². The van der Waals surface area contributed by atoms with Crippen LogP contribution in [0.25, 0.3) is 0 Å². The van der Waals surface area contributed by atoms with Gasteiger partial charge in [-0.25, -0.2) is 0 Å². The molecule has 0 aliphatic heterocycles. The molecule has 4 atom stereocenters. The second-order valence-corrected chi connectivity index (χ2v) is 5.73. The van der Waals surface area contributed by atoms with Gasteiger partial charge in [0.2, 0.25) is 0 Å². The lowest BCUT2D eigenvalue weighted by Crippen LogP contribution is -2.18. The zero-order chi connectivity index (χ0) is 13.9. The van der Waals surface area contributed by atoms with Crippen LogP contribution in [0.3, 0.4) is 0 Å². The fourth-order valence-electron chi connectivity index (χ4n) is 3.53. The molecule has 1 aromatic carbocycles. The number of hydrogen-bond acceptors (Lipinski definition) is 3. The molecule has 0 heterocycles. The normalized spacial score (nSPS) is 29.4. The van der Waals surface area contributed by atoms with Crippen molar-refractivity contribution in [3.05, 3.63) is 42.0 Å². The van der Waals surface area contributed by atoms with Gasteiger partial charge in [-0.2, -0.15) is 0 Å². The van der Waals surface area contributed by atoms with Crippen molar-refractivity contribution in [3.63, 3.8) is 0 Å². The summed E-state index contributed by atoms with van der Waals surface area (Å²) in [7, 11) is 1.65. The minimum atomic E-state index is -0.293. The highest BCUT2D eigenvalue weighted by atomic mass is 16.5. The van der Waals surface area contributed by atoms with Crippen molar-refractivity contribution in [2.75, 3.05) is 13.7 Å². The van der Waals surface area contributed by atoms with E-state index in [9.17, 15) is 5.11 Å². The first-order chi connectivity index (χ1) is 9.81. The van der Waals surface area contributed by atoms with Gasteiger partial charge in [-0.3, -0.25) is 0 Å². The largest absolute Gasteiger partial charge is 0.496 e. The van der Waals surface area contributed by atoms with Crippen LogP contribution in [0.2, 0.25) is 0 Å². The minimum absolute atomic E-state index is 0.0119. The molecule has 0 radical (unpaired) electrons. The first kappa shape index (κ1) is 13.7. The molecular formula is C17H22O3. The van der Waals surface area contributed by atoms with E-state index < -0.39 is 0 Å². The van der Waals surface area contributed by atoms with E-state index >= 15 is 0 Å². The van der Waals surface area contributed by atoms with Gasteiger partial charge in [0.05, 0.1) is 19.8 Å². The molecule has 3 rings (SSSR count). The Morgan fingerprint density at radius 3 is 2.90 bits per heavy atom. The van der Waals surface area contributed by atoms with E-state index in [1.165, 1.54) is 6.42 Å². The Labute approximate surface area is 120 Å². The summed E-state index contributed by atoms with van der Waals surface area (Å²) in [5, 5.41) is 9.67. The highest BCUT2D eigenvalue weighted by Gasteiger charge is 2.36. The van der Waals surface area contributed by atoms with Crippen LogP contribution in [0, 0.1) is 11.8 Å². The summed E-state index contributed by atoms with van der Waals surface area (Å²) in [6.45, 7) is -0.0119. The number of hydrogen-bond donors (Lipinski definition) is 1. The molecule has 0 bridgehead atoms. The molecule has 20 heavy (non-hydrogen) atoms. The highest BCUT2D eigenvalue weighted by molar-refractivity contribution is 5.35. The van der Waals surface area contributed by atoms with Crippen LogP contribution in [0.15, 0.2) is 36.4 Å². The van der Waals surface area contributed by atoms with E-state index in [0.29, 0.717) is 5.92 Å². The Morgan fingerprint density at radius 1 is 1.30 bits per heavy atom. The SMILES string of the molecule is COc1ccccc1C(CO)O[C@H]1C[C@H]2CC=C[C@H]2C1. The summed E-state index contributed by atoms with van der Waals surface area (Å²) in [6, 6.07) is 7.76. The van der Waals surface area contributed by atoms with Gasteiger partial charge in [-0.1, -0.05) is 30.4 Å². The van der Waals surface area contributed by atoms with Gasteiger partial charge in [-0.05, 0) is 37.2 Å². The number of methoxy groups -OCH3 is 1. The summed E-state index contributed by atoms with van der Waals surface area (Å²) in [5.74, 6) is 2.21. The van der Waals surface area contributed by atoms with Crippen LogP contribution in [0.1, 0.15) is 30.9 Å². The molecule has 2 aliphatic rings. The molecule has 1 fully saturated rings. The Hall–Kier alpha value is -1.32. The lowest BCUT2D eigenvalue weighted by atomic mass is 10.0. The topological polar surface area (TPSA) is 38.7 Å². The van der Waals surface area contributed by atoms with Gasteiger partial charge in [0.1, 0.15) is 11.9 Å². The van der Waals surface area contributed by atoms with Crippen LogP contribution < -0.4 is 4.74 Å². The maximum Gasteiger partial charge on any atom is 0.124 e. The van der Waals surface area contributed by atoms with Crippen molar-refractivity contribution in [2.45, 2.75) is 31.5 Å². The third kappa shape index (κ3) is 2.60. The predicted molar refractivity (Wildman–Crippen MR) is 77.7 cm³/mol. The molecule has 1 unspecified atom stereocenters. The number of aliphatic hydroxyl groups excluding tert-OH is 1. The van der Waals surface area contributed by atoms with Crippen molar-refractivity contribution < 1.29 is 14.6 Å². The summed E-state index contributed by atoms with van der Waals surface area (Å²) in [4.78, 5) is 0. The summed E-state index contributed by atoms with van der Waals surface area (Å²) in [6.07, 6.45) is 7.93. The smallest absolute Gasteiger partial charge is 0.124 e. The molecule has 3 heteroatoms. The van der Waals surface area contributed by atoms with Gasteiger partial charge in [0.15, 0.2) is 0 Å². The molecular weight excluding hydrogens is 252 g/mol. The second-order valence-electron chi connectivity index (χ2n) is 5.73. The van der Waals surface area contributed by atoms with Gasteiger partial charge < -0.3 is 14.6 Å². The molecule has 108 valence electrons. The zero-order valence-corrected chi connectivity index (χ0v) is 11.9. The summed E-state index contributed by atoms with van der Waals surface area (Å²) in [5.41, 5.74) is 0.935. The fourth-order valence-corrected chi connectivity index (χ4v) is 3.53. The van der Waals surface area contributed by atoms with E-state index in [4.69, 9.17) is 9.47 Å². The lowest BCUT2D eigenvalue weighted by Gasteiger charge is -2.22. The summed E-state index contributed by atoms with van der Waals surface area (Å²) < 4.78 is 11.5. The molecule has 0 aromatic heterocycles. The van der Waals surface area contributed by atoms with E-state index in [2.05, 4.69) is 12.2 Å². The molecule has 1 saturated carbocycles. The molecule has 0 amide bonds. The number of rotatable bonds is 5. The van der Waals surface area contributed by atoms with Crippen molar-refractivity contribution in [2.24, 2.45) is 11.8 Å². The van der Waals surface area contributed by atoms with Crippen molar-refractivity contribution in [1.82, 2.24) is 0 Å². The van der Waals surface area contributed by atoms with Crippen LogP contribution in [0.4, 0.5) is 0 Å². The molecule has 3 nitrogen and oxygen atoms in total. The van der Waals surface area contributed by atoms with E-state index in [1.807, 2.05) is 24.3 Å². The number of aliphatic hydroxyl groups is 1. The number of ether oxygens (including phenoxy) is 2. The van der Waals surface area contributed by atoms with Crippen molar-refractivity contribution in [3.8, 4) is 5.75 Å². The Balaban J connectivity index is 1.69. The maximum atomic E-state index is 9.67. The molecule has 1 aromatic rings. The Kier molecular flexibility index (Phi) is 4.08. The third-order valence-corrected chi connectivity index (χ3v) is 4.54. The van der Waals surface area contributed by atoms with Gasteiger partial charge >= 0.3 is 0 Å². The Bertz CT molecular complexity index is 483. The monoisotopic (exact) mass is 274 g/mol. The van der Waals surface area contributed by atoms with Crippen LogP contribution >= 0.6 is 0 Å². The van der Waals surface area contributed by atoms with Crippen LogP contribution in [0.5, 0.6) is 5.75 Å². The van der Waals surface area contributed by atoms with Crippen molar-refractivity contribution in [1.29, 1.82) is 0 Å². The maximum absolute atomic E-state index is 9.67. The first-order valence-electron chi connectivity index (χ1n) is 7.37. The minimum Gasteiger partial charge on any atom is -0.496 e. The van der Waals surface area contributed by atoms with E-state index in [-0.39, 0.29) is 18.8 Å². The molecule has 0 spiro atoms. The lowest BCUT2D eigenvalue weighted by molar-refractivity contribution is -0.0408. The van der Waals surface area contributed by atoms with E-state index in [0.717, 1.165) is 30.1 Å². The van der Waals surface area contributed by atoms with Gasteiger partial charge in [0.25, 0.3) is 0 Å². The van der Waals surface area contributed by atoms with Gasteiger partial charge in [-0.15, -0.1) is 0 Å². The quantitative estimate of drug-likeness (QED) is 0.839. The van der Waals surface area contributed by atoms with Gasteiger partial charge in [0, 0.05) is 5.56 Å². The highest BCUT2D eigenvalue weighted by Crippen LogP contribution is 2.42. The number of benzene rings is 1. The van der Waals surface area contributed by atoms with Crippen LogP contribution in [-0.4, -0.2) is 24.9 Å². The van der Waals surface area contributed by atoms with Crippen molar-refractivity contribution >= 4 is 0 Å². The predicted octanol–water partition coefficient (Wildman–Crippen LogP) is 3.10. The number of fused-ring (bicyclic) bond motifs is 1. The molecule has 2 aliphatic carbocycles.